The number of rotatable bonds is 10. The average Bonchev–Trinajstić information content (AvgIpc) is 2.49. The topological polar surface area (TPSA) is 55.8 Å². The molecule has 0 atom stereocenters. The first-order valence-corrected chi connectivity index (χ1v) is 7.00. The predicted molar refractivity (Wildman–Crippen MR) is 83.8 cm³/mol. The third-order valence-corrected chi connectivity index (χ3v) is 2.93. The normalized spacial score (nSPS) is 10.5. The summed E-state index contributed by atoms with van der Waals surface area (Å²) in [4.78, 5) is 10.6. The van der Waals surface area contributed by atoms with Crippen LogP contribution < -0.4 is 9.47 Å². The van der Waals surface area contributed by atoms with E-state index in [1.807, 2.05) is 6.08 Å². The first-order valence-electron chi connectivity index (χ1n) is 7.00. The number of hydrogen-bond acceptors (Lipinski definition) is 3. The minimum atomic E-state index is -0.992. The second kappa shape index (κ2) is 9.64. The van der Waals surface area contributed by atoms with Crippen LogP contribution in [0.25, 0.3) is 6.08 Å². The SMILES string of the molecule is C=CCCCCCOc1ccc(OC)cc1/C=C/C(=O)O. The fraction of sp³-hybridized carbons (Fsp3) is 0.353. The molecule has 0 aliphatic heterocycles. The summed E-state index contributed by atoms with van der Waals surface area (Å²) < 4.78 is 10.9. The molecule has 114 valence electrons. The average molecular weight is 290 g/mol. The fourth-order valence-electron chi connectivity index (χ4n) is 1.83. The molecule has 21 heavy (non-hydrogen) atoms. The number of methoxy groups -OCH3 is 1. The van der Waals surface area contributed by atoms with Crippen LogP contribution in [0.2, 0.25) is 0 Å². The number of ether oxygens (including phenoxy) is 2. The van der Waals surface area contributed by atoms with Crippen LogP contribution >= 0.6 is 0 Å². The molecule has 0 heterocycles. The highest BCUT2D eigenvalue weighted by molar-refractivity contribution is 5.86. The Balaban J connectivity index is 2.62. The molecular formula is C17H22O4. The fourth-order valence-corrected chi connectivity index (χ4v) is 1.83. The van der Waals surface area contributed by atoms with Gasteiger partial charge in [0.1, 0.15) is 11.5 Å². The Kier molecular flexibility index (Phi) is 7.72. The van der Waals surface area contributed by atoms with Crippen molar-refractivity contribution in [3.05, 3.63) is 42.5 Å². The molecule has 0 fully saturated rings. The molecule has 1 aromatic carbocycles. The van der Waals surface area contributed by atoms with E-state index in [1.165, 1.54) is 6.08 Å². The monoisotopic (exact) mass is 290 g/mol. The highest BCUT2D eigenvalue weighted by Gasteiger charge is 2.04. The van der Waals surface area contributed by atoms with Gasteiger partial charge >= 0.3 is 5.97 Å². The van der Waals surface area contributed by atoms with Gasteiger partial charge in [-0.2, -0.15) is 0 Å². The summed E-state index contributed by atoms with van der Waals surface area (Å²) in [5, 5.41) is 8.72. The number of aliphatic carboxylic acids is 1. The van der Waals surface area contributed by atoms with Crippen molar-refractivity contribution in [1.29, 1.82) is 0 Å². The van der Waals surface area contributed by atoms with Crippen molar-refractivity contribution in [1.82, 2.24) is 0 Å². The second-order valence-electron chi connectivity index (χ2n) is 4.56. The van der Waals surface area contributed by atoms with E-state index in [1.54, 1.807) is 25.3 Å². The van der Waals surface area contributed by atoms with E-state index in [2.05, 4.69) is 6.58 Å². The van der Waals surface area contributed by atoms with E-state index in [4.69, 9.17) is 14.6 Å². The molecule has 0 aliphatic carbocycles. The van der Waals surface area contributed by atoms with Gasteiger partial charge in [0.2, 0.25) is 0 Å². The van der Waals surface area contributed by atoms with Gasteiger partial charge in [0.25, 0.3) is 0 Å². The van der Waals surface area contributed by atoms with E-state index in [-0.39, 0.29) is 0 Å². The molecule has 0 amide bonds. The minimum Gasteiger partial charge on any atom is -0.497 e. The van der Waals surface area contributed by atoms with Gasteiger partial charge in [0.15, 0.2) is 0 Å². The van der Waals surface area contributed by atoms with E-state index in [0.717, 1.165) is 31.8 Å². The summed E-state index contributed by atoms with van der Waals surface area (Å²) in [6, 6.07) is 5.35. The Morgan fingerprint density at radius 2 is 2.14 bits per heavy atom. The molecule has 0 spiro atoms. The minimum absolute atomic E-state index is 0.609. The Bertz CT molecular complexity index is 492. The molecule has 0 bridgehead atoms. The first-order chi connectivity index (χ1) is 10.2. The molecule has 0 saturated heterocycles. The van der Waals surface area contributed by atoms with Gasteiger partial charge in [0.05, 0.1) is 13.7 Å². The van der Waals surface area contributed by atoms with Crippen LogP contribution in [-0.2, 0) is 4.79 Å². The zero-order chi connectivity index (χ0) is 15.5. The van der Waals surface area contributed by atoms with Crippen molar-refractivity contribution in [2.75, 3.05) is 13.7 Å². The van der Waals surface area contributed by atoms with Gasteiger partial charge < -0.3 is 14.6 Å². The van der Waals surface area contributed by atoms with Crippen LogP contribution in [0.15, 0.2) is 36.9 Å². The lowest BCUT2D eigenvalue weighted by atomic mass is 10.1. The van der Waals surface area contributed by atoms with Crippen molar-refractivity contribution in [3.8, 4) is 11.5 Å². The van der Waals surface area contributed by atoms with E-state index >= 15 is 0 Å². The maximum atomic E-state index is 10.6. The summed E-state index contributed by atoms with van der Waals surface area (Å²) in [5.41, 5.74) is 0.697. The van der Waals surface area contributed by atoms with Crippen molar-refractivity contribution >= 4 is 12.0 Å². The van der Waals surface area contributed by atoms with Gasteiger partial charge in [-0.15, -0.1) is 6.58 Å². The molecule has 1 N–H and O–H groups in total. The molecule has 0 aromatic heterocycles. The molecule has 1 rings (SSSR count). The van der Waals surface area contributed by atoms with E-state index in [9.17, 15) is 4.79 Å². The number of unbranched alkanes of at least 4 members (excludes halogenated alkanes) is 3. The summed E-state index contributed by atoms with van der Waals surface area (Å²) in [5.74, 6) is 0.337. The molecule has 0 unspecified atom stereocenters. The third-order valence-electron chi connectivity index (χ3n) is 2.93. The van der Waals surface area contributed by atoms with Crippen LogP contribution in [0.5, 0.6) is 11.5 Å². The largest absolute Gasteiger partial charge is 0.497 e. The number of allylic oxidation sites excluding steroid dienone is 1. The Morgan fingerprint density at radius 1 is 1.33 bits per heavy atom. The summed E-state index contributed by atoms with van der Waals surface area (Å²) in [6.07, 6.45) is 8.70. The van der Waals surface area contributed by atoms with Crippen LogP contribution in [-0.4, -0.2) is 24.8 Å². The molecule has 4 nitrogen and oxygen atoms in total. The van der Waals surface area contributed by atoms with Crippen LogP contribution in [0, 0.1) is 0 Å². The highest BCUT2D eigenvalue weighted by Crippen LogP contribution is 2.25. The van der Waals surface area contributed by atoms with Gasteiger partial charge in [-0.05, 0) is 50.0 Å². The molecular weight excluding hydrogens is 268 g/mol. The lowest BCUT2D eigenvalue weighted by Gasteiger charge is -2.10. The van der Waals surface area contributed by atoms with Crippen molar-refractivity contribution in [3.63, 3.8) is 0 Å². The van der Waals surface area contributed by atoms with Crippen molar-refractivity contribution in [2.24, 2.45) is 0 Å². The Morgan fingerprint density at radius 3 is 2.81 bits per heavy atom. The van der Waals surface area contributed by atoms with Crippen LogP contribution in [0.3, 0.4) is 0 Å². The van der Waals surface area contributed by atoms with E-state index in [0.29, 0.717) is 23.7 Å². The molecule has 1 aromatic rings. The molecule has 0 radical (unpaired) electrons. The Labute approximate surface area is 125 Å². The van der Waals surface area contributed by atoms with Gasteiger partial charge in [-0.3, -0.25) is 0 Å². The maximum Gasteiger partial charge on any atom is 0.328 e. The van der Waals surface area contributed by atoms with Gasteiger partial charge in [-0.25, -0.2) is 4.79 Å². The quantitative estimate of drug-likeness (QED) is 0.403. The zero-order valence-electron chi connectivity index (χ0n) is 12.4. The van der Waals surface area contributed by atoms with Crippen molar-refractivity contribution in [2.45, 2.75) is 25.7 Å². The highest BCUT2D eigenvalue weighted by atomic mass is 16.5. The summed E-state index contributed by atoms with van der Waals surface area (Å²) in [7, 11) is 1.57. The van der Waals surface area contributed by atoms with Gasteiger partial charge in [0, 0.05) is 11.6 Å². The summed E-state index contributed by atoms with van der Waals surface area (Å²) >= 11 is 0. The number of carbonyl (C=O) groups is 1. The maximum absolute atomic E-state index is 10.6. The standard InChI is InChI=1S/C17H22O4/c1-3-4-5-6-7-12-21-16-10-9-15(20-2)13-14(16)8-11-17(18)19/h3,8-11,13H,1,4-7,12H2,2H3,(H,18,19)/b11-8+. The number of carboxylic acids is 1. The lowest BCUT2D eigenvalue weighted by molar-refractivity contribution is -0.131. The number of benzene rings is 1. The Hall–Kier alpha value is -2.23. The van der Waals surface area contributed by atoms with E-state index < -0.39 is 5.97 Å². The third kappa shape index (κ3) is 6.65. The molecule has 0 saturated carbocycles. The number of carboxylic acid groups (broad SMARTS) is 1. The van der Waals surface area contributed by atoms with Gasteiger partial charge in [-0.1, -0.05) is 6.08 Å². The zero-order valence-corrected chi connectivity index (χ0v) is 12.4. The first kappa shape index (κ1) is 16.8. The smallest absolute Gasteiger partial charge is 0.328 e. The van der Waals surface area contributed by atoms with Crippen LogP contribution in [0.1, 0.15) is 31.2 Å². The summed E-state index contributed by atoms with van der Waals surface area (Å²) in [6.45, 7) is 4.30. The second-order valence-corrected chi connectivity index (χ2v) is 4.56. The molecule has 0 aliphatic rings. The van der Waals surface area contributed by atoms with Crippen molar-refractivity contribution < 1.29 is 19.4 Å². The predicted octanol–water partition coefficient (Wildman–Crippen LogP) is 3.92. The van der Waals surface area contributed by atoms with Crippen LogP contribution in [0.4, 0.5) is 0 Å². The lowest BCUT2D eigenvalue weighted by Crippen LogP contribution is -1.99. The number of hydrogen-bond donors (Lipinski definition) is 1. The molecule has 4 heteroatoms.